The van der Waals surface area contributed by atoms with E-state index in [0.29, 0.717) is 16.3 Å². The topological polar surface area (TPSA) is 12.0 Å². The van der Waals surface area contributed by atoms with Gasteiger partial charge in [-0.15, -0.1) is 0 Å². The first kappa shape index (κ1) is 13.3. The van der Waals surface area contributed by atoms with Gasteiger partial charge in [0.15, 0.2) is 0 Å². The monoisotopic (exact) mass is 333 g/mol. The Balaban J connectivity index is 1.87. The molecule has 3 rings (SSSR count). The molecule has 19 heavy (non-hydrogen) atoms. The standard InChI is InChI=1S/C14H15BrF3N/c15-10-5-6-11(14(16,17)18)12(7-10)19-13(8-1-2-8)9-3-4-9/h5-9,13,19H,1-4H2. The van der Waals surface area contributed by atoms with Gasteiger partial charge in [-0.2, -0.15) is 13.2 Å². The molecule has 0 aliphatic heterocycles. The maximum Gasteiger partial charge on any atom is 0.418 e. The van der Waals surface area contributed by atoms with Gasteiger partial charge in [0.25, 0.3) is 0 Å². The summed E-state index contributed by atoms with van der Waals surface area (Å²) in [7, 11) is 0. The zero-order valence-electron chi connectivity index (χ0n) is 10.3. The molecule has 0 bridgehead atoms. The van der Waals surface area contributed by atoms with Gasteiger partial charge < -0.3 is 5.32 Å². The van der Waals surface area contributed by atoms with Crippen molar-refractivity contribution in [2.75, 3.05) is 5.32 Å². The predicted octanol–water partition coefficient (Wildman–Crippen LogP) is 5.07. The average Bonchev–Trinajstić information content (AvgIpc) is 3.16. The summed E-state index contributed by atoms with van der Waals surface area (Å²) in [5, 5.41) is 3.17. The van der Waals surface area contributed by atoms with Crippen LogP contribution in [0.2, 0.25) is 0 Å². The van der Waals surface area contributed by atoms with Crippen LogP contribution in [-0.4, -0.2) is 6.04 Å². The van der Waals surface area contributed by atoms with E-state index in [1.54, 1.807) is 6.07 Å². The smallest absolute Gasteiger partial charge is 0.381 e. The highest BCUT2D eigenvalue weighted by Crippen LogP contribution is 2.47. The molecule has 0 amide bonds. The molecule has 1 N–H and O–H groups in total. The third-order valence-corrected chi connectivity index (χ3v) is 4.36. The Hall–Kier alpha value is -0.710. The van der Waals surface area contributed by atoms with Gasteiger partial charge in [0, 0.05) is 16.2 Å². The van der Waals surface area contributed by atoms with Crippen molar-refractivity contribution < 1.29 is 13.2 Å². The molecule has 0 spiro atoms. The first-order chi connectivity index (χ1) is 8.95. The van der Waals surface area contributed by atoms with E-state index in [2.05, 4.69) is 21.2 Å². The number of nitrogens with one attached hydrogen (secondary N) is 1. The van der Waals surface area contributed by atoms with E-state index in [1.807, 2.05) is 0 Å². The molecule has 1 aromatic rings. The molecule has 0 unspecified atom stereocenters. The van der Waals surface area contributed by atoms with Gasteiger partial charge in [-0.3, -0.25) is 0 Å². The maximum absolute atomic E-state index is 13.0. The number of anilines is 1. The summed E-state index contributed by atoms with van der Waals surface area (Å²) in [6.45, 7) is 0. The quantitative estimate of drug-likeness (QED) is 0.811. The van der Waals surface area contributed by atoms with E-state index >= 15 is 0 Å². The Bertz CT molecular complexity index is 466. The van der Waals surface area contributed by atoms with Crippen molar-refractivity contribution in [1.82, 2.24) is 0 Å². The van der Waals surface area contributed by atoms with Crippen molar-refractivity contribution in [2.45, 2.75) is 37.9 Å². The zero-order chi connectivity index (χ0) is 13.6. The van der Waals surface area contributed by atoms with Crippen LogP contribution in [0, 0.1) is 11.8 Å². The Morgan fingerprint density at radius 1 is 1.11 bits per heavy atom. The summed E-state index contributed by atoms with van der Waals surface area (Å²) in [5.74, 6) is 1.13. The number of halogens is 4. The molecular weight excluding hydrogens is 319 g/mol. The lowest BCUT2D eigenvalue weighted by atomic mass is 10.1. The van der Waals surface area contributed by atoms with Crippen molar-refractivity contribution in [1.29, 1.82) is 0 Å². The molecule has 0 saturated heterocycles. The van der Waals surface area contributed by atoms with E-state index in [4.69, 9.17) is 0 Å². The summed E-state index contributed by atoms with van der Waals surface area (Å²) in [6.07, 6.45) is 0.265. The summed E-state index contributed by atoms with van der Waals surface area (Å²) in [5.41, 5.74) is -0.354. The Morgan fingerprint density at radius 2 is 1.68 bits per heavy atom. The minimum atomic E-state index is -4.30. The Morgan fingerprint density at radius 3 is 2.16 bits per heavy atom. The maximum atomic E-state index is 13.0. The molecule has 2 saturated carbocycles. The number of hydrogen-bond acceptors (Lipinski definition) is 1. The molecule has 0 heterocycles. The van der Waals surface area contributed by atoms with Crippen molar-refractivity contribution in [3.8, 4) is 0 Å². The van der Waals surface area contributed by atoms with Gasteiger partial charge in [0.1, 0.15) is 0 Å². The lowest BCUT2D eigenvalue weighted by Gasteiger charge is -2.22. The normalized spacial score (nSPS) is 19.8. The molecule has 5 heteroatoms. The van der Waals surface area contributed by atoms with Crippen LogP contribution < -0.4 is 5.32 Å². The average molecular weight is 334 g/mol. The molecule has 2 aliphatic carbocycles. The number of rotatable bonds is 4. The van der Waals surface area contributed by atoms with Gasteiger partial charge in [0.05, 0.1) is 5.56 Å². The molecular formula is C14H15BrF3N. The molecule has 2 aliphatic rings. The van der Waals surface area contributed by atoms with Crippen molar-refractivity contribution in [3.05, 3.63) is 28.2 Å². The zero-order valence-corrected chi connectivity index (χ0v) is 11.9. The van der Waals surface area contributed by atoms with E-state index < -0.39 is 11.7 Å². The third-order valence-electron chi connectivity index (χ3n) is 3.87. The first-order valence-corrected chi connectivity index (χ1v) is 7.38. The summed E-state index contributed by atoms with van der Waals surface area (Å²) < 4.78 is 39.7. The van der Waals surface area contributed by atoms with Crippen molar-refractivity contribution in [2.24, 2.45) is 11.8 Å². The lowest BCUT2D eigenvalue weighted by Crippen LogP contribution is -2.26. The number of alkyl halides is 3. The second-order valence-electron chi connectivity index (χ2n) is 5.53. The Labute approximate surface area is 118 Å². The lowest BCUT2D eigenvalue weighted by molar-refractivity contribution is -0.137. The largest absolute Gasteiger partial charge is 0.418 e. The van der Waals surface area contributed by atoms with Gasteiger partial charge in [-0.1, -0.05) is 15.9 Å². The fourth-order valence-electron chi connectivity index (χ4n) is 2.59. The molecule has 1 nitrogen and oxygen atoms in total. The van der Waals surface area contributed by atoms with Crippen LogP contribution in [-0.2, 0) is 6.18 Å². The minimum absolute atomic E-state index is 0.214. The highest BCUT2D eigenvalue weighted by molar-refractivity contribution is 9.10. The van der Waals surface area contributed by atoms with E-state index in [9.17, 15) is 13.2 Å². The van der Waals surface area contributed by atoms with Crippen LogP contribution in [0.15, 0.2) is 22.7 Å². The molecule has 0 atom stereocenters. The van der Waals surface area contributed by atoms with E-state index in [0.717, 1.165) is 31.7 Å². The highest BCUT2D eigenvalue weighted by Gasteiger charge is 2.42. The molecule has 104 valence electrons. The molecule has 2 fully saturated rings. The van der Waals surface area contributed by atoms with E-state index in [1.165, 1.54) is 6.07 Å². The fraction of sp³-hybridized carbons (Fsp3) is 0.571. The summed E-state index contributed by atoms with van der Waals surface area (Å²) in [6, 6.07) is 4.34. The van der Waals surface area contributed by atoms with Gasteiger partial charge >= 0.3 is 6.18 Å². The van der Waals surface area contributed by atoms with Crippen molar-refractivity contribution in [3.63, 3.8) is 0 Å². The van der Waals surface area contributed by atoms with Crippen LogP contribution in [0.5, 0.6) is 0 Å². The second-order valence-corrected chi connectivity index (χ2v) is 6.45. The number of hydrogen-bond donors (Lipinski definition) is 1. The van der Waals surface area contributed by atoms with Crippen LogP contribution in [0.25, 0.3) is 0 Å². The third kappa shape index (κ3) is 3.07. The van der Waals surface area contributed by atoms with Gasteiger partial charge in [-0.25, -0.2) is 0 Å². The SMILES string of the molecule is FC(F)(F)c1ccc(Br)cc1NC(C1CC1)C1CC1. The van der Waals surface area contributed by atoms with Gasteiger partial charge in [-0.05, 0) is 55.7 Å². The Kier molecular flexibility index (Phi) is 3.28. The first-order valence-electron chi connectivity index (χ1n) is 6.58. The molecule has 1 aromatic carbocycles. The molecule has 0 aromatic heterocycles. The highest BCUT2D eigenvalue weighted by atomic mass is 79.9. The van der Waals surface area contributed by atoms with Crippen molar-refractivity contribution >= 4 is 21.6 Å². The fourth-order valence-corrected chi connectivity index (χ4v) is 2.96. The minimum Gasteiger partial charge on any atom is -0.381 e. The van der Waals surface area contributed by atoms with E-state index in [-0.39, 0.29) is 11.7 Å². The summed E-state index contributed by atoms with van der Waals surface area (Å²) >= 11 is 3.25. The number of benzene rings is 1. The summed E-state index contributed by atoms with van der Waals surface area (Å²) in [4.78, 5) is 0. The second kappa shape index (κ2) is 4.69. The predicted molar refractivity (Wildman–Crippen MR) is 72.0 cm³/mol. The van der Waals surface area contributed by atoms with Crippen LogP contribution in [0.3, 0.4) is 0 Å². The molecule has 0 radical (unpaired) electrons. The van der Waals surface area contributed by atoms with Gasteiger partial charge in [0.2, 0.25) is 0 Å². The van der Waals surface area contributed by atoms with Crippen LogP contribution in [0.4, 0.5) is 18.9 Å². The van der Waals surface area contributed by atoms with Crippen LogP contribution in [0.1, 0.15) is 31.2 Å². The van der Waals surface area contributed by atoms with Crippen LogP contribution >= 0.6 is 15.9 Å².